The van der Waals surface area contributed by atoms with Gasteiger partial charge >= 0.3 is 0 Å². The van der Waals surface area contributed by atoms with E-state index >= 15 is 0 Å². The van der Waals surface area contributed by atoms with Crippen LogP contribution in [0.25, 0.3) is 0 Å². The number of rotatable bonds is 4. The highest BCUT2D eigenvalue weighted by Crippen LogP contribution is 2.28. The van der Waals surface area contributed by atoms with Crippen LogP contribution in [0.1, 0.15) is 23.2 Å². The number of piperidine rings is 1. The van der Waals surface area contributed by atoms with E-state index in [2.05, 4.69) is 10.2 Å². The van der Waals surface area contributed by atoms with E-state index in [-0.39, 0.29) is 17.5 Å². The minimum Gasteiger partial charge on any atom is -0.487 e. The molecule has 0 unspecified atom stereocenters. The summed E-state index contributed by atoms with van der Waals surface area (Å²) in [6.07, 6.45) is 1.43. The highest BCUT2D eigenvalue weighted by molar-refractivity contribution is 6.04. The van der Waals surface area contributed by atoms with Crippen LogP contribution in [0.15, 0.2) is 36.4 Å². The average molecular weight is 364 g/mol. The standard InChI is InChI=1S/C19H19F3N2O2/c1-24-10-8-12(9-11-24)26-16-7-3-6-15(18(16)22)23-19(25)17-13(20)4-2-5-14(17)21/h2-7,12H,8-11H2,1H3,(H,23,25). The summed E-state index contributed by atoms with van der Waals surface area (Å²) in [5, 5.41) is 2.21. The van der Waals surface area contributed by atoms with E-state index < -0.39 is 28.9 Å². The van der Waals surface area contributed by atoms with Gasteiger partial charge in [-0.2, -0.15) is 0 Å². The van der Waals surface area contributed by atoms with Gasteiger partial charge in [0.05, 0.1) is 5.69 Å². The molecule has 0 aromatic heterocycles. The summed E-state index contributed by atoms with van der Waals surface area (Å²) in [5.74, 6) is -3.85. The number of carbonyl (C=O) groups excluding carboxylic acids is 1. The van der Waals surface area contributed by atoms with Gasteiger partial charge in [-0.25, -0.2) is 13.2 Å². The van der Waals surface area contributed by atoms with Crippen molar-refractivity contribution in [2.75, 3.05) is 25.5 Å². The Hall–Kier alpha value is -2.54. The van der Waals surface area contributed by atoms with Crippen LogP contribution in [-0.2, 0) is 0 Å². The number of hydrogen-bond donors (Lipinski definition) is 1. The summed E-state index contributed by atoms with van der Waals surface area (Å²) in [6, 6.07) is 7.38. The lowest BCUT2D eigenvalue weighted by Gasteiger charge is -2.29. The van der Waals surface area contributed by atoms with Gasteiger partial charge in [0, 0.05) is 13.1 Å². The number of amides is 1. The van der Waals surface area contributed by atoms with Crippen LogP contribution in [0.2, 0.25) is 0 Å². The third kappa shape index (κ3) is 3.99. The molecule has 2 aromatic rings. The van der Waals surface area contributed by atoms with E-state index in [0.29, 0.717) is 0 Å². The lowest BCUT2D eigenvalue weighted by molar-refractivity contribution is 0.101. The number of halogens is 3. The molecule has 0 bridgehead atoms. The molecule has 1 saturated heterocycles. The second kappa shape index (κ2) is 7.78. The monoisotopic (exact) mass is 364 g/mol. The Morgan fingerprint density at radius 2 is 1.69 bits per heavy atom. The molecule has 1 heterocycles. The van der Waals surface area contributed by atoms with Crippen molar-refractivity contribution < 1.29 is 22.7 Å². The molecular weight excluding hydrogens is 345 g/mol. The summed E-state index contributed by atoms with van der Waals surface area (Å²) < 4.78 is 47.8. The molecule has 1 N–H and O–H groups in total. The van der Waals surface area contributed by atoms with Gasteiger partial charge in [-0.3, -0.25) is 4.79 Å². The Morgan fingerprint density at radius 3 is 2.35 bits per heavy atom. The van der Waals surface area contributed by atoms with Gasteiger partial charge in [0.2, 0.25) is 0 Å². The summed E-state index contributed by atoms with van der Waals surface area (Å²) in [5.41, 5.74) is -0.948. The molecule has 0 atom stereocenters. The Kier molecular flexibility index (Phi) is 5.46. The number of anilines is 1. The van der Waals surface area contributed by atoms with Crippen molar-refractivity contribution in [3.05, 3.63) is 59.4 Å². The highest BCUT2D eigenvalue weighted by Gasteiger charge is 2.22. The van der Waals surface area contributed by atoms with Gasteiger partial charge in [-0.1, -0.05) is 12.1 Å². The third-order valence-corrected chi connectivity index (χ3v) is 4.36. The third-order valence-electron chi connectivity index (χ3n) is 4.36. The molecule has 1 amide bonds. The van der Waals surface area contributed by atoms with Crippen molar-refractivity contribution in [1.82, 2.24) is 4.90 Å². The van der Waals surface area contributed by atoms with Gasteiger partial charge < -0.3 is 15.0 Å². The molecule has 3 rings (SSSR count). The van der Waals surface area contributed by atoms with E-state index in [1.54, 1.807) is 0 Å². The SMILES string of the molecule is CN1CCC(Oc2cccc(NC(=O)c3c(F)cccc3F)c2F)CC1. The van der Waals surface area contributed by atoms with Gasteiger partial charge in [0.15, 0.2) is 11.6 Å². The molecular formula is C19H19F3N2O2. The van der Waals surface area contributed by atoms with E-state index in [9.17, 15) is 18.0 Å². The predicted molar refractivity (Wildman–Crippen MR) is 91.9 cm³/mol. The lowest BCUT2D eigenvalue weighted by Crippen LogP contribution is -2.35. The topological polar surface area (TPSA) is 41.6 Å². The smallest absolute Gasteiger partial charge is 0.261 e. The van der Waals surface area contributed by atoms with E-state index in [1.165, 1.54) is 18.2 Å². The van der Waals surface area contributed by atoms with E-state index in [4.69, 9.17) is 4.74 Å². The van der Waals surface area contributed by atoms with Crippen LogP contribution in [0.3, 0.4) is 0 Å². The Morgan fingerprint density at radius 1 is 1.08 bits per heavy atom. The van der Waals surface area contributed by atoms with Crippen LogP contribution in [0.4, 0.5) is 18.9 Å². The van der Waals surface area contributed by atoms with Gasteiger partial charge in [0.1, 0.15) is 23.3 Å². The molecule has 138 valence electrons. The van der Waals surface area contributed by atoms with Crippen molar-refractivity contribution >= 4 is 11.6 Å². The van der Waals surface area contributed by atoms with Crippen molar-refractivity contribution in [2.45, 2.75) is 18.9 Å². The molecule has 0 aliphatic carbocycles. The fourth-order valence-electron chi connectivity index (χ4n) is 2.88. The number of likely N-dealkylation sites (tertiary alicyclic amines) is 1. The summed E-state index contributed by atoms with van der Waals surface area (Å²) in [6.45, 7) is 1.71. The predicted octanol–water partition coefficient (Wildman–Crippen LogP) is 3.83. The zero-order valence-electron chi connectivity index (χ0n) is 14.3. The number of hydrogen-bond acceptors (Lipinski definition) is 3. The molecule has 0 saturated carbocycles. The second-order valence-corrected chi connectivity index (χ2v) is 6.29. The summed E-state index contributed by atoms with van der Waals surface area (Å²) in [4.78, 5) is 14.3. The Bertz CT molecular complexity index is 785. The number of benzene rings is 2. The molecule has 1 aliphatic heterocycles. The van der Waals surface area contributed by atoms with Crippen LogP contribution in [0.5, 0.6) is 5.75 Å². The maximum absolute atomic E-state index is 14.6. The number of carbonyl (C=O) groups is 1. The first-order chi connectivity index (χ1) is 12.5. The van der Waals surface area contributed by atoms with Crippen LogP contribution in [-0.4, -0.2) is 37.0 Å². The van der Waals surface area contributed by atoms with Crippen molar-refractivity contribution in [3.63, 3.8) is 0 Å². The summed E-state index contributed by atoms with van der Waals surface area (Å²) in [7, 11) is 2.01. The van der Waals surface area contributed by atoms with Crippen LogP contribution >= 0.6 is 0 Å². The van der Waals surface area contributed by atoms with Crippen molar-refractivity contribution in [1.29, 1.82) is 0 Å². The maximum atomic E-state index is 14.6. The molecule has 0 radical (unpaired) electrons. The largest absolute Gasteiger partial charge is 0.487 e. The minimum atomic E-state index is -1.06. The quantitative estimate of drug-likeness (QED) is 0.897. The minimum absolute atomic E-state index is 0.00589. The first-order valence-electron chi connectivity index (χ1n) is 8.35. The van der Waals surface area contributed by atoms with Crippen LogP contribution < -0.4 is 10.1 Å². The fraction of sp³-hybridized carbons (Fsp3) is 0.316. The van der Waals surface area contributed by atoms with Gasteiger partial charge in [-0.15, -0.1) is 0 Å². The fourth-order valence-corrected chi connectivity index (χ4v) is 2.88. The Balaban J connectivity index is 1.76. The molecule has 26 heavy (non-hydrogen) atoms. The van der Waals surface area contributed by atoms with Crippen molar-refractivity contribution in [3.8, 4) is 5.75 Å². The first-order valence-corrected chi connectivity index (χ1v) is 8.35. The molecule has 1 fully saturated rings. The van der Waals surface area contributed by atoms with Crippen LogP contribution in [0, 0.1) is 17.5 Å². The molecule has 4 nitrogen and oxygen atoms in total. The van der Waals surface area contributed by atoms with Gasteiger partial charge in [0.25, 0.3) is 5.91 Å². The lowest BCUT2D eigenvalue weighted by atomic mass is 10.1. The molecule has 0 spiro atoms. The Labute approximate surface area is 149 Å². The highest BCUT2D eigenvalue weighted by atomic mass is 19.1. The number of nitrogens with zero attached hydrogens (tertiary/aromatic N) is 1. The normalized spacial score (nSPS) is 15.7. The molecule has 1 aliphatic rings. The average Bonchev–Trinajstić information content (AvgIpc) is 2.60. The zero-order chi connectivity index (χ0) is 18.7. The zero-order valence-corrected chi connectivity index (χ0v) is 14.3. The number of ether oxygens (including phenoxy) is 1. The van der Waals surface area contributed by atoms with Gasteiger partial charge in [-0.05, 0) is 44.2 Å². The van der Waals surface area contributed by atoms with E-state index in [0.717, 1.165) is 44.1 Å². The van der Waals surface area contributed by atoms with Crippen molar-refractivity contribution in [2.24, 2.45) is 0 Å². The first kappa shape index (κ1) is 18.3. The maximum Gasteiger partial charge on any atom is 0.261 e. The molecule has 2 aromatic carbocycles. The molecule has 7 heteroatoms. The summed E-state index contributed by atoms with van der Waals surface area (Å²) >= 11 is 0. The van der Waals surface area contributed by atoms with E-state index in [1.807, 2.05) is 7.05 Å². The number of nitrogens with one attached hydrogen (secondary N) is 1. The second-order valence-electron chi connectivity index (χ2n) is 6.29.